The van der Waals surface area contributed by atoms with Crippen molar-refractivity contribution < 1.29 is 4.74 Å². The molecule has 2 aliphatic carbocycles. The minimum atomic E-state index is 0.310. The molecule has 3 rings (SSSR count). The van der Waals surface area contributed by atoms with Crippen LogP contribution in [0.15, 0.2) is 17.4 Å². The molecular formula is C19H33N5O. The van der Waals surface area contributed by atoms with Gasteiger partial charge in [-0.25, -0.2) is 0 Å². The molecule has 0 aliphatic heterocycles. The lowest BCUT2D eigenvalue weighted by molar-refractivity contribution is -0.145. The first-order valence-electron chi connectivity index (χ1n) is 9.76. The van der Waals surface area contributed by atoms with E-state index in [9.17, 15) is 0 Å². The zero-order valence-corrected chi connectivity index (χ0v) is 15.9. The molecular weight excluding hydrogens is 314 g/mol. The van der Waals surface area contributed by atoms with Crippen LogP contribution in [0.2, 0.25) is 0 Å². The fraction of sp³-hybridized carbons (Fsp3) is 0.789. The van der Waals surface area contributed by atoms with Crippen molar-refractivity contribution in [2.45, 2.75) is 71.1 Å². The van der Waals surface area contributed by atoms with Crippen LogP contribution < -0.4 is 10.6 Å². The monoisotopic (exact) mass is 347 g/mol. The number of aromatic nitrogens is 2. The van der Waals surface area contributed by atoms with Gasteiger partial charge in [0.25, 0.3) is 0 Å². The Hall–Kier alpha value is -1.56. The minimum absolute atomic E-state index is 0.310. The standard InChI is InChI=1S/C19H33N5O/c1-4-25-17-12-16(19(17)8-6-5-7-9-19)23-18(20-3)21-10-11-24-14-15(2)13-22-24/h13-14,16-17H,4-12H2,1-3H3,(H2,20,21,23). The summed E-state index contributed by atoms with van der Waals surface area (Å²) >= 11 is 0. The third-order valence-electron chi connectivity index (χ3n) is 5.87. The van der Waals surface area contributed by atoms with Crippen molar-refractivity contribution in [2.24, 2.45) is 10.4 Å². The SMILES string of the molecule is CCOC1CC(NC(=NC)NCCn2cc(C)cn2)C12CCCCC2. The normalized spacial score (nSPS) is 25.6. The first-order chi connectivity index (χ1) is 12.2. The lowest BCUT2D eigenvalue weighted by Crippen LogP contribution is -2.66. The maximum Gasteiger partial charge on any atom is 0.191 e. The Bertz CT molecular complexity index is 576. The van der Waals surface area contributed by atoms with Crippen LogP contribution in [0, 0.1) is 12.3 Å². The van der Waals surface area contributed by atoms with Crippen molar-refractivity contribution in [1.82, 2.24) is 20.4 Å². The van der Waals surface area contributed by atoms with Crippen LogP contribution in [0.1, 0.15) is 51.0 Å². The molecule has 0 amide bonds. The second-order valence-electron chi connectivity index (χ2n) is 7.45. The van der Waals surface area contributed by atoms with E-state index in [1.165, 1.54) is 37.7 Å². The number of hydrogen-bond donors (Lipinski definition) is 2. The molecule has 1 heterocycles. The van der Waals surface area contributed by atoms with Crippen molar-refractivity contribution in [3.8, 4) is 0 Å². The maximum absolute atomic E-state index is 6.05. The number of ether oxygens (including phenoxy) is 1. The van der Waals surface area contributed by atoms with E-state index in [4.69, 9.17) is 4.74 Å². The van der Waals surface area contributed by atoms with Gasteiger partial charge in [-0.1, -0.05) is 19.3 Å². The fourth-order valence-corrected chi connectivity index (χ4v) is 4.50. The summed E-state index contributed by atoms with van der Waals surface area (Å²) in [6, 6.07) is 0.475. The van der Waals surface area contributed by atoms with Crippen molar-refractivity contribution in [1.29, 1.82) is 0 Å². The van der Waals surface area contributed by atoms with Gasteiger partial charge in [0, 0.05) is 37.9 Å². The van der Waals surface area contributed by atoms with Gasteiger partial charge in [0.15, 0.2) is 5.96 Å². The zero-order valence-electron chi connectivity index (χ0n) is 15.9. The number of hydrogen-bond acceptors (Lipinski definition) is 3. The Labute approximate surface area is 151 Å². The topological polar surface area (TPSA) is 63.5 Å². The molecule has 0 radical (unpaired) electrons. The summed E-state index contributed by atoms with van der Waals surface area (Å²) in [7, 11) is 1.85. The highest BCUT2D eigenvalue weighted by Gasteiger charge is 2.55. The Morgan fingerprint density at radius 3 is 2.84 bits per heavy atom. The Morgan fingerprint density at radius 2 is 2.20 bits per heavy atom. The third kappa shape index (κ3) is 4.00. The van der Waals surface area contributed by atoms with E-state index in [1.54, 1.807) is 0 Å². The van der Waals surface area contributed by atoms with Crippen LogP contribution in [0.4, 0.5) is 0 Å². The summed E-state index contributed by atoms with van der Waals surface area (Å²) in [4.78, 5) is 4.42. The van der Waals surface area contributed by atoms with E-state index >= 15 is 0 Å². The molecule has 2 saturated carbocycles. The van der Waals surface area contributed by atoms with Crippen LogP contribution in [0.5, 0.6) is 0 Å². The molecule has 0 bridgehead atoms. The highest BCUT2D eigenvalue weighted by atomic mass is 16.5. The van der Waals surface area contributed by atoms with Gasteiger partial charge >= 0.3 is 0 Å². The zero-order chi connectivity index (χ0) is 17.7. The molecule has 0 saturated heterocycles. The van der Waals surface area contributed by atoms with Gasteiger partial charge in [-0.3, -0.25) is 9.67 Å². The van der Waals surface area contributed by atoms with Crippen molar-refractivity contribution >= 4 is 5.96 Å². The summed E-state index contributed by atoms with van der Waals surface area (Å²) < 4.78 is 8.01. The fourth-order valence-electron chi connectivity index (χ4n) is 4.50. The molecule has 1 spiro atoms. The van der Waals surface area contributed by atoms with Gasteiger partial charge in [-0.2, -0.15) is 5.10 Å². The quantitative estimate of drug-likeness (QED) is 0.613. The Kier molecular flexibility index (Phi) is 5.99. The summed E-state index contributed by atoms with van der Waals surface area (Å²) in [5, 5.41) is 11.4. The molecule has 0 aromatic carbocycles. The van der Waals surface area contributed by atoms with Gasteiger partial charge in [0.1, 0.15) is 0 Å². The number of nitrogens with one attached hydrogen (secondary N) is 2. The van der Waals surface area contributed by atoms with Crippen LogP contribution in [-0.2, 0) is 11.3 Å². The second-order valence-corrected chi connectivity index (χ2v) is 7.45. The molecule has 2 unspecified atom stereocenters. The van der Waals surface area contributed by atoms with E-state index in [0.29, 0.717) is 17.6 Å². The van der Waals surface area contributed by atoms with Gasteiger partial charge in [-0.15, -0.1) is 0 Å². The Balaban J connectivity index is 1.52. The molecule has 2 fully saturated rings. The molecule has 2 aliphatic rings. The van der Waals surface area contributed by atoms with E-state index in [-0.39, 0.29) is 0 Å². The lowest BCUT2D eigenvalue weighted by Gasteiger charge is -2.57. The average molecular weight is 348 g/mol. The summed E-state index contributed by atoms with van der Waals surface area (Å²) in [6.45, 7) is 6.64. The smallest absolute Gasteiger partial charge is 0.191 e. The number of nitrogens with zero attached hydrogens (tertiary/aromatic N) is 3. The summed E-state index contributed by atoms with van der Waals surface area (Å²) in [6.07, 6.45) is 12.0. The molecule has 25 heavy (non-hydrogen) atoms. The third-order valence-corrected chi connectivity index (χ3v) is 5.87. The first-order valence-corrected chi connectivity index (χ1v) is 9.76. The molecule has 6 nitrogen and oxygen atoms in total. The second kappa shape index (κ2) is 8.21. The van der Waals surface area contributed by atoms with E-state index in [2.05, 4.69) is 40.8 Å². The lowest BCUT2D eigenvalue weighted by atomic mass is 9.55. The highest BCUT2D eigenvalue weighted by molar-refractivity contribution is 5.80. The van der Waals surface area contributed by atoms with Crippen LogP contribution in [0.3, 0.4) is 0 Å². The van der Waals surface area contributed by atoms with Gasteiger partial charge < -0.3 is 15.4 Å². The molecule has 140 valence electrons. The van der Waals surface area contributed by atoms with Crippen molar-refractivity contribution in [3.63, 3.8) is 0 Å². The molecule has 2 N–H and O–H groups in total. The Morgan fingerprint density at radius 1 is 1.40 bits per heavy atom. The predicted molar refractivity (Wildman–Crippen MR) is 101 cm³/mol. The number of aryl methyl sites for hydroxylation is 1. The molecule has 1 aromatic heterocycles. The molecule has 1 aromatic rings. The van der Waals surface area contributed by atoms with E-state index in [1.807, 2.05) is 17.9 Å². The predicted octanol–water partition coefficient (Wildman–Crippen LogP) is 2.48. The molecule has 2 atom stereocenters. The number of rotatable bonds is 6. The first kappa shape index (κ1) is 18.2. The average Bonchev–Trinajstić information content (AvgIpc) is 3.05. The van der Waals surface area contributed by atoms with Crippen LogP contribution in [-0.4, -0.2) is 48.1 Å². The largest absolute Gasteiger partial charge is 0.378 e. The van der Waals surface area contributed by atoms with Gasteiger partial charge in [0.05, 0.1) is 18.8 Å². The van der Waals surface area contributed by atoms with E-state index < -0.39 is 0 Å². The summed E-state index contributed by atoms with van der Waals surface area (Å²) in [5.41, 5.74) is 1.50. The maximum atomic E-state index is 6.05. The number of guanidine groups is 1. The number of aliphatic imine (C=N–C) groups is 1. The van der Waals surface area contributed by atoms with E-state index in [0.717, 1.165) is 32.1 Å². The van der Waals surface area contributed by atoms with Crippen LogP contribution >= 0.6 is 0 Å². The van der Waals surface area contributed by atoms with Crippen molar-refractivity contribution in [2.75, 3.05) is 20.2 Å². The van der Waals surface area contributed by atoms with Crippen LogP contribution in [0.25, 0.3) is 0 Å². The highest BCUT2D eigenvalue weighted by Crippen LogP contribution is 2.53. The van der Waals surface area contributed by atoms with Gasteiger partial charge in [-0.05, 0) is 38.7 Å². The van der Waals surface area contributed by atoms with Crippen molar-refractivity contribution in [3.05, 3.63) is 18.0 Å². The van der Waals surface area contributed by atoms with Gasteiger partial charge in [0.2, 0.25) is 0 Å². The summed E-state index contributed by atoms with van der Waals surface area (Å²) in [5.74, 6) is 0.897. The minimum Gasteiger partial charge on any atom is -0.378 e. The molecule has 6 heteroatoms.